The monoisotopic (exact) mass is 256 g/mol. The van der Waals surface area contributed by atoms with Gasteiger partial charge in [-0.3, -0.25) is 4.79 Å². The smallest absolute Gasteiger partial charge is 0.243 e. The first kappa shape index (κ1) is 11.4. The quantitative estimate of drug-likeness (QED) is 0.656. The fourth-order valence-corrected chi connectivity index (χ4v) is 1.58. The number of benzene rings is 1. The molecule has 0 aromatic heterocycles. The summed E-state index contributed by atoms with van der Waals surface area (Å²) >= 11 is 11.8. The first-order valence-corrected chi connectivity index (χ1v) is 5.71. The normalized spacial score (nSPS) is 15.4. The fourth-order valence-electron chi connectivity index (χ4n) is 1.22. The predicted octanol–water partition coefficient (Wildman–Crippen LogP) is 2.85. The van der Waals surface area contributed by atoms with Crippen LogP contribution in [0.2, 0.25) is 10.0 Å². The van der Waals surface area contributed by atoms with Gasteiger partial charge >= 0.3 is 0 Å². The third-order valence-electron chi connectivity index (χ3n) is 2.31. The van der Waals surface area contributed by atoms with Crippen LogP contribution in [0.5, 0.6) is 0 Å². The number of amides is 1. The van der Waals surface area contributed by atoms with Crippen LogP contribution in [0.15, 0.2) is 23.3 Å². The van der Waals surface area contributed by atoms with Crippen LogP contribution in [0.3, 0.4) is 0 Å². The molecule has 0 radical (unpaired) electrons. The minimum atomic E-state index is -0.0330. The van der Waals surface area contributed by atoms with Crippen LogP contribution in [0, 0.1) is 5.92 Å². The number of hydrogen-bond acceptors (Lipinski definition) is 2. The van der Waals surface area contributed by atoms with Gasteiger partial charge < -0.3 is 0 Å². The Morgan fingerprint density at radius 2 is 2.19 bits per heavy atom. The lowest BCUT2D eigenvalue weighted by molar-refractivity contribution is -0.122. The molecule has 1 aliphatic carbocycles. The third-order valence-corrected chi connectivity index (χ3v) is 3.14. The van der Waals surface area contributed by atoms with Crippen molar-refractivity contribution in [3.05, 3.63) is 33.8 Å². The molecule has 0 atom stereocenters. The average Bonchev–Trinajstić information content (AvgIpc) is 3.07. The molecule has 1 aliphatic rings. The molecule has 16 heavy (non-hydrogen) atoms. The Bertz CT molecular complexity index is 442. The highest BCUT2D eigenvalue weighted by Crippen LogP contribution is 2.28. The van der Waals surface area contributed by atoms with Crippen molar-refractivity contribution in [2.24, 2.45) is 11.0 Å². The Labute approximate surface area is 103 Å². The molecule has 0 aliphatic heterocycles. The van der Waals surface area contributed by atoms with Gasteiger partial charge in [-0.2, -0.15) is 5.10 Å². The van der Waals surface area contributed by atoms with Gasteiger partial charge in [-0.25, -0.2) is 5.43 Å². The van der Waals surface area contributed by atoms with Crippen LogP contribution in [-0.4, -0.2) is 12.1 Å². The first-order chi connectivity index (χ1) is 7.68. The van der Waals surface area contributed by atoms with Gasteiger partial charge in [-0.15, -0.1) is 0 Å². The van der Waals surface area contributed by atoms with E-state index in [1.54, 1.807) is 18.2 Å². The summed E-state index contributed by atoms with van der Waals surface area (Å²) in [5.41, 5.74) is 3.15. The molecule has 0 unspecified atom stereocenters. The number of nitrogens with zero attached hydrogens (tertiary/aromatic N) is 1. The molecular formula is C11H10Cl2N2O. The van der Waals surface area contributed by atoms with Crippen molar-refractivity contribution in [3.8, 4) is 0 Å². The van der Waals surface area contributed by atoms with E-state index in [1.807, 2.05) is 0 Å². The molecule has 3 nitrogen and oxygen atoms in total. The van der Waals surface area contributed by atoms with Crippen molar-refractivity contribution < 1.29 is 4.79 Å². The molecule has 2 rings (SSSR count). The molecule has 1 amide bonds. The second-order valence-electron chi connectivity index (χ2n) is 3.65. The number of hydrazone groups is 1. The summed E-state index contributed by atoms with van der Waals surface area (Å²) in [4.78, 5) is 11.3. The van der Waals surface area contributed by atoms with Gasteiger partial charge in [0.15, 0.2) is 0 Å². The fraction of sp³-hybridized carbons (Fsp3) is 0.273. The standard InChI is InChI=1S/C11H10Cl2N2O/c12-9-3-1-2-8(10(9)13)6-14-15-11(16)7-4-5-7/h1-3,6-7H,4-5H2,(H,15,16)/b14-6-. The van der Waals surface area contributed by atoms with E-state index < -0.39 is 0 Å². The molecule has 0 heterocycles. The molecule has 1 saturated carbocycles. The highest BCUT2D eigenvalue weighted by Gasteiger charge is 2.29. The summed E-state index contributed by atoms with van der Waals surface area (Å²) in [5.74, 6) is 0.112. The Balaban J connectivity index is 1.99. The van der Waals surface area contributed by atoms with Crippen molar-refractivity contribution >= 4 is 35.3 Å². The lowest BCUT2D eigenvalue weighted by atomic mass is 10.2. The number of carbonyl (C=O) groups excluding carboxylic acids is 1. The molecular weight excluding hydrogens is 247 g/mol. The highest BCUT2D eigenvalue weighted by molar-refractivity contribution is 6.43. The van der Waals surface area contributed by atoms with Crippen LogP contribution >= 0.6 is 23.2 Å². The lowest BCUT2D eigenvalue weighted by Crippen LogP contribution is -2.18. The van der Waals surface area contributed by atoms with Crippen molar-refractivity contribution in [3.63, 3.8) is 0 Å². The Kier molecular flexibility index (Phi) is 3.46. The SMILES string of the molecule is O=C(N/N=C\c1cccc(Cl)c1Cl)C1CC1. The van der Waals surface area contributed by atoms with Crippen LogP contribution in [-0.2, 0) is 4.79 Å². The first-order valence-electron chi connectivity index (χ1n) is 4.95. The number of hydrogen-bond donors (Lipinski definition) is 1. The summed E-state index contributed by atoms with van der Waals surface area (Å²) in [6, 6.07) is 5.25. The van der Waals surface area contributed by atoms with Crippen molar-refractivity contribution in [2.75, 3.05) is 0 Å². The molecule has 84 valence electrons. The van der Waals surface area contributed by atoms with E-state index in [1.165, 1.54) is 6.21 Å². The molecule has 1 N–H and O–H groups in total. The van der Waals surface area contributed by atoms with E-state index in [4.69, 9.17) is 23.2 Å². The lowest BCUT2D eigenvalue weighted by Gasteiger charge is -2.00. The molecule has 1 aromatic rings. The second kappa shape index (κ2) is 4.85. The van der Waals surface area contributed by atoms with E-state index in [9.17, 15) is 4.79 Å². The van der Waals surface area contributed by atoms with Gasteiger partial charge in [0.1, 0.15) is 0 Å². The van der Waals surface area contributed by atoms with Crippen molar-refractivity contribution in [2.45, 2.75) is 12.8 Å². The molecule has 1 aromatic carbocycles. The summed E-state index contributed by atoms with van der Waals surface area (Å²) < 4.78 is 0. The van der Waals surface area contributed by atoms with Crippen LogP contribution in [0.4, 0.5) is 0 Å². The van der Waals surface area contributed by atoms with Gasteiger partial charge in [-0.1, -0.05) is 35.3 Å². The van der Waals surface area contributed by atoms with Gasteiger partial charge in [0.25, 0.3) is 0 Å². The molecule has 0 spiro atoms. The van der Waals surface area contributed by atoms with Gasteiger partial charge in [0.05, 0.1) is 16.3 Å². The summed E-state index contributed by atoms with van der Waals surface area (Å²) in [6.45, 7) is 0. The van der Waals surface area contributed by atoms with Gasteiger partial charge in [0, 0.05) is 11.5 Å². The number of carbonyl (C=O) groups is 1. The van der Waals surface area contributed by atoms with E-state index >= 15 is 0 Å². The van der Waals surface area contributed by atoms with E-state index in [-0.39, 0.29) is 11.8 Å². The maximum absolute atomic E-state index is 11.3. The zero-order chi connectivity index (χ0) is 11.5. The highest BCUT2D eigenvalue weighted by atomic mass is 35.5. The summed E-state index contributed by atoms with van der Waals surface area (Å²) in [6.07, 6.45) is 3.41. The summed E-state index contributed by atoms with van der Waals surface area (Å²) in [7, 11) is 0. The van der Waals surface area contributed by atoms with Crippen LogP contribution in [0.25, 0.3) is 0 Å². The zero-order valence-corrected chi connectivity index (χ0v) is 9.92. The van der Waals surface area contributed by atoms with E-state index in [0.29, 0.717) is 15.6 Å². The topological polar surface area (TPSA) is 41.5 Å². The number of nitrogens with one attached hydrogen (secondary N) is 1. The predicted molar refractivity (Wildman–Crippen MR) is 64.9 cm³/mol. The van der Waals surface area contributed by atoms with Crippen LogP contribution < -0.4 is 5.43 Å². The Morgan fingerprint density at radius 1 is 1.44 bits per heavy atom. The average molecular weight is 257 g/mol. The zero-order valence-electron chi connectivity index (χ0n) is 8.41. The molecule has 5 heteroatoms. The van der Waals surface area contributed by atoms with Gasteiger partial charge in [0.2, 0.25) is 5.91 Å². The minimum Gasteiger partial charge on any atom is -0.273 e. The van der Waals surface area contributed by atoms with E-state index in [0.717, 1.165) is 12.8 Å². The summed E-state index contributed by atoms with van der Waals surface area (Å²) in [5, 5.41) is 4.75. The maximum atomic E-state index is 11.3. The van der Waals surface area contributed by atoms with Crippen molar-refractivity contribution in [1.29, 1.82) is 0 Å². The Morgan fingerprint density at radius 3 is 2.88 bits per heavy atom. The largest absolute Gasteiger partial charge is 0.273 e. The number of halogens is 2. The van der Waals surface area contributed by atoms with E-state index in [2.05, 4.69) is 10.5 Å². The molecule has 0 bridgehead atoms. The van der Waals surface area contributed by atoms with Crippen LogP contribution in [0.1, 0.15) is 18.4 Å². The maximum Gasteiger partial charge on any atom is 0.243 e. The number of rotatable bonds is 3. The Hall–Kier alpha value is -1.06. The minimum absolute atomic E-state index is 0.0330. The molecule has 0 saturated heterocycles. The molecule has 1 fully saturated rings. The van der Waals surface area contributed by atoms with Crippen molar-refractivity contribution in [1.82, 2.24) is 5.43 Å². The van der Waals surface area contributed by atoms with Gasteiger partial charge in [-0.05, 0) is 18.9 Å². The third kappa shape index (κ3) is 2.74. The second-order valence-corrected chi connectivity index (χ2v) is 4.44.